The molecule has 0 amide bonds. The quantitative estimate of drug-likeness (QED) is 0.619. The largest absolute Gasteiger partial charge is 0.466 e. The number of carbonyl (C=O) groups is 2. The molecule has 78 valence electrons. The van der Waals surface area contributed by atoms with Crippen molar-refractivity contribution in [2.24, 2.45) is 0 Å². The van der Waals surface area contributed by atoms with Crippen molar-refractivity contribution in [2.75, 3.05) is 6.61 Å². The smallest absolute Gasteiger partial charge is 0.302 e. The second-order valence-corrected chi connectivity index (χ2v) is 2.58. The molecule has 0 rings (SSSR count). The lowest BCUT2D eigenvalue weighted by Gasteiger charge is -2.01. The fourth-order valence-corrected chi connectivity index (χ4v) is 0.535. The molecule has 4 nitrogen and oxygen atoms in total. The molecule has 0 saturated carbocycles. The van der Waals surface area contributed by atoms with E-state index in [9.17, 15) is 9.59 Å². The van der Waals surface area contributed by atoms with Crippen molar-refractivity contribution < 1.29 is 19.1 Å². The maximum atomic E-state index is 10.0. The standard InChI is InChI=1S/C5H10O2.C4H8O2/c1-4(2)7-5(3)6;1-3-6-4(2)5/h4H,1-3H3;3H2,1-2H3. The summed E-state index contributed by atoms with van der Waals surface area (Å²) in [7, 11) is 0. The van der Waals surface area contributed by atoms with E-state index in [1.807, 2.05) is 13.8 Å². The molecule has 0 aliphatic carbocycles. The number of hydrogen-bond donors (Lipinski definition) is 0. The lowest BCUT2D eigenvalue weighted by atomic mass is 10.5. The van der Waals surface area contributed by atoms with Crippen molar-refractivity contribution in [2.45, 2.75) is 40.7 Å². The third kappa shape index (κ3) is 24.8. The van der Waals surface area contributed by atoms with Crippen LogP contribution >= 0.6 is 0 Å². The summed E-state index contributed by atoms with van der Waals surface area (Å²) in [4.78, 5) is 19.9. The average Bonchev–Trinajstić information content (AvgIpc) is 1.83. The third-order valence-electron chi connectivity index (χ3n) is 0.749. The summed E-state index contributed by atoms with van der Waals surface area (Å²) in [5.41, 5.74) is 0. The van der Waals surface area contributed by atoms with Gasteiger partial charge in [-0.1, -0.05) is 0 Å². The van der Waals surface area contributed by atoms with Gasteiger partial charge in [-0.25, -0.2) is 0 Å². The lowest BCUT2D eigenvalue weighted by Crippen LogP contribution is -2.06. The molecule has 0 aliphatic rings. The molecule has 0 aromatic heterocycles. The Morgan fingerprint density at radius 1 is 1.15 bits per heavy atom. The fourth-order valence-electron chi connectivity index (χ4n) is 0.535. The Kier molecular flexibility index (Phi) is 10.0. The normalized spacial score (nSPS) is 8.46. The Hall–Kier alpha value is -1.06. The zero-order valence-electron chi connectivity index (χ0n) is 8.92. The van der Waals surface area contributed by atoms with E-state index in [1.165, 1.54) is 13.8 Å². The van der Waals surface area contributed by atoms with E-state index in [0.717, 1.165) is 0 Å². The molecule has 0 unspecified atom stereocenters. The second-order valence-electron chi connectivity index (χ2n) is 2.58. The van der Waals surface area contributed by atoms with Gasteiger partial charge >= 0.3 is 11.9 Å². The van der Waals surface area contributed by atoms with Crippen LogP contribution in [0.25, 0.3) is 0 Å². The summed E-state index contributed by atoms with van der Waals surface area (Å²) in [5.74, 6) is -0.424. The molecule has 0 bridgehead atoms. The first kappa shape index (κ1) is 14.5. The highest BCUT2D eigenvalue weighted by Gasteiger charge is 1.93. The van der Waals surface area contributed by atoms with Crippen molar-refractivity contribution in [1.29, 1.82) is 0 Å². The van der Waals surface area contributed by atoms with Gasteiger partial charge in [0.05, 0.1) is 12.7 Å². The van der Waals surface area contributed by atoms with Crippen LogP contribution in [0.15, 0.2) is 0 Å². The van der Waals surface area contributed by atoms with E-state index in [2.05, 4.69) is 9.47 Å². The maximum absolute atomic E-state index is 10.0. The van der Waals surface area contributed by atoms with Crippen molar-refractivity contribution >= 4 is 11.9 Å². The zero-order chi connectivity index (χ0) is 10.9. The van der Waals surface area contributed by atoms with E-state index in [4.69, 9.17) is 0 Å². The number of carbonyl (C=O) groups excluding carboxylic acids is 2. The van der Waals surface area contributed by atoms with Crippen molar-refractivity contribution in [3.05, 3.63) is 0 Å². The molecular formula is C9H18O4. The predicted molar refractivity (Wildman–Crippen MR) is 49.2 cm³/mol. The van der Waals surface area contributed by atoms with E-state index in [1.54, 1.807) is 6.92 Å². The Labute approximate surface area is 79.2 Å². The van der Waals surface area contributed by atoms with Crippen LogP contribution in [-0.2, 0) is 19.1 Å². The van der Waals surface area contributed by atoms with Crippen molar-refractivity contribution in [3.63, 3.8) is 0 Å². The van der Waals surface area contributed by atoms with Crippen LogP contribution in [0.3, 0.4) is 0 Å². The van der Waals surface area contributed by atoms with Gasteiger partial charge in [-0.05, 0) is 20.8 Å². The van der Waals surface area contributed by atoms with Gasteiger partial charge in [0.1, 0.15) is 0 Å². The molecule has 0 fully saturated rings. The molecule has 0 atom stereocenters. The number of esters is 2. The molecule has 0 spiro atoms. The van der Waals surface area contributed by atoms with E-state index < -0.39 is 0 Å². The minimum atomic E-state index is -0.213. The minimum Gasteiger partial charge on any atom is -0.466 e. The highest BCUT2D eigenvalue weighted by Crippen LogP contribution is 1.85. The Balaban J connectivity index is 0. The lowest BCUT2D eigenvalue weighted by molar-refractivity contribution is -0.144. The molecule has 0 aromatic carbocycles. The molecule has 0 saturated heterocycles. The molecule has 0 N–H and O–H groups in total. The van der Waals surface area contributed by atoms with Gasteiger partial charge in [0, 0.05) is 13.8 Å². The highest BCUT2D eigenvalue weighted by molar-refractivity contribution is 5.66. The number of hydrogen-bond acceptors (Lipinski definition) is 4. The van der Waals surface area contributed by atoms with Crippen LogP contribution in [0.2, 0.25) is 0 Å². The summed E-state index contributed by atoms with van der Waals surface area (Å²) in [5, 5.41) is 0. The first-order chi connectivity index (χ1) is 5.90. The van der Waals surface area contributed by atoms with Gasteiger partial charge in [-0.3, -0.25) is 9.59 Å². The highest BCUT2D eigenvalue weighted by atomic mass is 16.5. The van der Waals surface area contributed by atoms with Crippen LogP contribution in [-0.4, -0.2) is 24.6 Å². The van der Waals surface area contributed by atoms with Gasteiger partial charge < -0.3 is 9.47 Å². The fraction of sp³-hybridized carbons (Fsp3) is 0.778. The van der Waals surface area contributed by atoms with Crippen LogP contribution in [0.4, 0.5) is 0 Å². The van der Waals surface area contributed by atoms with Gasteiger partial charge in [0.2, 0.25) is 0 Å². The van der Waals surface area contributed by atoms with E-state index >= 15 is 0 Å². The Morgan fingerprint density at radius 2 is 1.62 bits per heavy atom. The van der Waals surface area contributed by atoms with Gasteiger partial charge in [0.25, 0.3) is 0 Å². The van der Waals surface area contributed by atoms with Crippen LogP contribution < -0.4 is 0 Å². The topological polar surface area (TPSA) is 52.6 Å². The number of ether oxygens (including phenoxy) is 2. The van der Waals surface area contributed by atoms with Crippen molar-refractivity contribution in [3.8, 4) is 0 Å². The Morgan fingerprint density at radius 3 is 1.62 bits per heavy atom. The van der Waals surface area contributed by atoms with Crippen LogP contribution in [0.1, 0.15) is 34.6 Å². The molecule has 0 aromatic rings. The zero-order valence-corrected chi connectivity index (χ0v) is 8.92. The predicted octanol–water partition coefficient (Wildman–Crippen LogP) is 1.53. The van der Waals surface area contributed by atoms with Crippen LogP contribution in [0, 0.1) is 0 Å². The van der Waals surface area contributed by atoms with Gasteiger partial charge in [-0.2, -0.15) is 0 Å². The molecular weight excluding hydrogens is 172 g/mol. The van der Waals surface area contributed by atoms with Crippen molar-refractivity contribution in [1.82, 2.24) is 0 Å². The summed E-state index contributed by atoms with van der Waals surface area (Å²) in [6.07, 6.45) is 0.0255. The molecule has 0 heterocycles. The average molecular weight is 190 g/mol. The van der Waals surface area contributed by atoms with Gasteiger partial charge in [-0.15, -0.1) is 0 Å². The molecule has 4 heteroatoms. The first-order valence-corrected chi connectivity index (χ1v) is 4.20. The Bertz CT molecular complexity index is 152. The molecule has 0 aliphatic heterocycles. The SMILES string of the molecule is CC(=O)OC(C)C.CCOC(C)=O. The summed E-state index contributed by atoms with van der Waals surface area (Å²) < 4.78 is 9.01. The summed E-state index contributed by atoms with van der Waals surface area (Å²) in [6.45, 7) is 8.70. The number of rotatable bonds is 2. The first-order valence-electron chi connectivity index (χ1n) is 4.20. The summed E-state index contributed by atoms with van der Waals surface area (Å²) in [6, 6.07) is 0. The van der Waals surface area contributed by atoms with E-state index in [-0.39, 0.29) is 18.0 Å². The maximum Gasteiger partial charge on any atom is 0.302 e. The summed E-state index contributed by atoms with van der Waals surface area (Å²) >= 11 is 0. The second kappa shape index (κ2) is 9.03. The van der Waals surface area contributed by atoms with E-state index in [0.29, 0.717) is 6.61 Å². The minimum absolute atomic E-state index is 0.0255. The van der Waals surface area contributed by atoms with Gasteiger partial charge in [0.15, 0.2) is 0 Å². The third-order valence-corrected chi connectivity index (χ3v) is 0.749. The molecule has 0 radical (unpaired) electrons. The van der Waals surface area contributed by atoms with Crippen LogP contribution in [0.5, 0.6) is 0 Å². The molecule has 13 heavy (non-hydrogen) atoms. The monoisotopic (exact) mass is 190 g/mol.